The molecule has 2 aromatic carbocycles. The zero-order chi connectivity index (χ0) is 20.2. The van der Waals surface area contributed by atoms with Crippen molar-refractivity contribution in [1.29, 1.82) is 0 Å². The highest BCUT2D eigenvalue weighted by Gasteiger charge is 2.24. The van der Waals surface area contributed by atoms with Crippen LogP contribution in [0.15, 0.2) is 54.6 Å². The molecule has 1 aliphatic rings. The van der Waals surface area contributed by atoms with Crippen LogP contribution in [0.2, 0.25) is 5.02 Å². The Kier molecular flexibility index (Phi) is 5.71. The molecule has 1 fully saturated rings. The van der Waals surface area contributed by atoms with Gasteiger partial charge in [0.15, 0.2) is 5.82 Å². The van der Waals surface area contributed by atoms with Gasteiger partial charge in [0.2, 0.25) is 0 Å². The summed E-state index contributed by atoms with van der Waals surface area (Å²) >= 11 is 6.15. The standard InChI is InChI=1S/C22H23ClN4O2/c1-29-17-10-8-15(9-11-17)20-13-21(26-25-20)27-12-4-5-16(14-27)24-22(28)18-6-2-3-7-19(18)23/h2-3,6-11,13,16H,4-5,12,14H2,1H3,(H,24,28)(H,25,26)/t16-/m1/s1. The summed E-state index contributed by atoms with van der Waals surface area (Å²) < 4.78 is 5.21. The third-order valence-corrected chi connectivity index (χ3v) is 5.49. The van der Waals surface area contributed by atoms with E-state index in [0.29, 0.717) is 17.1 Å². The SMILES string of the molecule is COc1ccc(-c2cc(N3CCC[C@@H](NC(=O)c4ccccc4Cl)C3)n[nH]2)cc1. The van der Waals surface area contributed by atoms with Crippen molar-refractivity contribution in [3.63, 3.8) is 0 Å². The summed E-state index contributed by atoms with van der Waals surface area (Å²) in [6, 6.07) is 17.1. The molecule has 2 heterocycles. The number of hydrogen-bond acceptors (Lipinski definition) is 4. The van der Waals surface area contributed by atoms with Crippen LogP contribution in [0.5, 0.6) is 5.75 Å². The number of aromatic nitrogens is 2. The van der Waals surface area contributed by atoms with Crippen LogP contribution in [0.3, 0.4) is 0 Å². The number of anilines is 1. The van der Waals surface area contributed by atoms with Crippen molar-refractivity contribution in [2.75, 3.05) is 25.1 Å². The zero-order valence-electron chi connectivity index (χ0n) is 16.2. The van der Waals surface area contributed by atoms with Crippen LogP contribution in [0.25, 0.3) is 11.3 Å². The predicted octanol–water partition coefficient (Wildman–Crippen LogP) is 4.14. The van der Waals surface area contributed by atoms with Crippen LogP contribution in [-0.2, 0) is 0 Å². The molecule has 4 rings (SSSR count). The van der Waals surface area contributed by atoms with Crippen LogP contribution in [0.1, 0.15) is 23.2 Å². The van der Waals surface area contributed by atoms with Gasteiger partial charge in [-0.05, 0) is 54.8 Å². The van der Waals surface area contributed by atoms with Crippen LogP contribution >= 0.6 is 11.6 Å². The van der Waals surface area contributed by atoms with E-state index in [1.165, 1.54) is 0 Å². The molecule has 1 aromatic heterocycles. The molecule has 1 saturated heterocycles. The molecule has 7 heteroatoms. The van der Waals surface area contributed by atoms with Gasteiger partial charge in [-0.15, -0.1) is 0 Å². The highest BCUT2D eigenvalue weighted by molar-refractivity contribution is 6.33. The van der Waals surface area contributed by atoms with E-state index < -0.39 is 0 Å². The van der Waals surface area contributed by atoms with Crippen molar-refractivity contribution >= 4 is 23.3 Å². The highest BCUT2D eigenvalue weighted by atomic mass is 35.5. The van der Waals surface area contributed by atoms with Crippen LogP contribution in [0, 0.1) is 0 Å². The molecule has 1 atom stereocenters. The minimum Gasteiger partial charge on any atom is -0.497 e. The number of hydrogen-bond donors (Lipinski definition) is 2. The van der Waals surface area contributed by atoms with Crippen molar-refractivity contribution in [2.45, 2.75) is 18.9 Å². The third-order valence-electron chi connectivity index (χ3n) is 5.16. The van der Waals surface area contributed by atoms with Crippen LogP contribution in [0.4, 0.5) is 5.82 Å². The molecule has 1 aliphatic heterocycles. The molecule has 1 amide bonds. The van der Waals surface area contributed by atoms with Gasteiger partial charge in [-0.3, -0.25) is 9.89 Å². The first-order chi connectivity index (χ1) is 14.1. The van der Waals surface area contributed by atoms with Gasteiger partial charge < -0.3 is 15.0 Å². The first kappa shape index (κ1) is 19.3. The van der Waals surface area contributed by atoms with Crippen LogP contribution < -0.4 is 15.0 Å². The number of ether oxygens (including phenoxy) is 1. The molecular weight excluding hydrogens is 388 g/mol. The average Bonchev–Trinajstić information content (AvgIpc) is 3.24. The van der Waals surface area contributed by atoms with E-state index in [1.54, 1.807) is 19.2 Å². The molecule has 0 saturated carbocycles. The molecule has 0 aliphatic carbocycles. The van der Waals surface area contributed by atoms with Crippen molar-refractivity contribution in [3.8, 4) is 17.0 Å². The van der Waals surface area contributed by atoms with Gasteiger partial charge in [0.1, 0.15) is 5.75 Å². The lowest BCUT2D eigenvalue weighted by Gasteiger charge is -2.33. The number of rotatable bonds is 5. The molecule has 0 unspecified atom stereocenters. The van der Waals surface area contributed by atoms with Crippen LogP contribution in [-0.4, -0.2) is 42.3 Å². The Balaban J connectivity index is 1.43. The minimum absolute atomic E-state index is 0.0497. The Morgan fingerprint density at radius 1 is 1.24 bits per heavy atom. The topological polar surface area (TPSA) is 70.2 Å². The Hall–Kier alpha value is -2.99. The van der Waals surface area contributed by atoms with E-state index in [4.69, 9.17) is 16.3 Å². The quantitative estimate of drug-likeness (QED) is 0.663. The van der Waals surface area contributed by atoms with Crippen molar-refractivity contribution in [3.05, 3.63) is 65.2 Å². The largest absolute Gasteiger partial charge is 0.497 e. The predicted molar refractivity (Wildman–Crippen MR) is 115 cm³/mol. The number of piperidine rings is 1. The van der Waals surface area contributed by atoms with E-state index in [1.807, 2.05) is 42.5 Å². The zero-order valence-corrected chi connectivity index (χ0v) is 16.9. The van der Waals surface area contributed by atoms with E-state index in [9.17, 15) is 4.79 Å². The molecule has 2 N–H and O–H groups in total. The average molecular weight is 411 g/mol. The summed E-state index contributed by atoms with van der Waals surface area (Å²) in [6.45, 7) is 1.62. The maximum atomic E-state index is 12.6. The maximum absolute atomic E-state index is 12.6. The molecule has 6 nitrogen and oxygen atoms in total. The van der Waals surface area contributed by atoms with E-state index in [2.05, 4.69) is 20.4 Å². The number of benzene rings is 2. The maximum Gasteiger partial charge on any atom is 0.253 e. The molecule has 0 bridgehead atoms. The fourth-order valence-electron chi connectivity index (χ4n) is 3.60. The second kappa shape index (κ2) is 8.57. The second-order valence-electron chi connectivity index (χ2n) is 7.11. The summed E-state index contributed by atoms with van der Waals surface area (Å²) in [5.41, 5.74) is 2.50. The molecule has 3 aromatic rings. The number of carbonyl (C=O) groups excluding carboxylic acids is 1. The summed E-state index contributed by atoms with van der Waals surface area (Å²) in [6.07, 6.45) is 1.92. The van der Waals surface area contributed by atoms with Gasteiger partial charge in [0.05, 0.1) is 23.4 Å². The Labute approximate surface area is 174 Å². The fourth-order valence-corrected chi connectivity index (χ4v) is 3.82. The summed E-state index contributed by atoms with van der Waals surface area (Å²) in [4.78, 5) is 14.8. The van der Waals surface area contributed by atoms with E-state index in [-0.39, 0.29) is 11.9 Å². The van der Waals surface area contributed by atoms with E-state index in [0.717, 1.165) is 42.2 Å². The third kappa shape index (κ3) is 4.38. The first-order valence-corrected chi connectivity index (χ1v) is 10.0. The summed E-state index contributed by atoms with van der Waals surface area (Å²) in [5.74, 6) is 1.57. The number of methoxy groups -OCH3 is 1. The Morgan fingerprint density at radius 2 is 2.03 bits per heavy atom. The van der Waals surface area contributed by atoms with Gasteiger partial charge >= 0.3 is 0 Å². The highest BCUT2D eigenvalue weighted by Crippen LogP contribution is 2.26. The summed E-state index contributed by atoms with van der Waals surface area (Å²) in [7, 11) is 1.65. The van der Waals surface area contributed by atoms with Crippen molar-refractivity contribution in [1.82, 2.24) is 15.5 Å². The molecule has 0 radical (unpaired) electrons. The monoisotopic (exact) mass is 410 g/mol. The summed E-state index contributed by atoms with van der Waals surface area (Å²) in [5, 5.41) is 11.2. The fraction of sp³-hybridized carbons (Fsp3) is 0.273. The van der Waals surface area contributed by atoms with Gasteiger partial charge in [-0.1, -0.05) is 23.7 Å². The van der Waals surface area contributed by atoms with Gasteiger partial charge in [0, 0.05) is 25.2 Å². The second-order valence-corrected chi connectivity index (χ2v) is 7.51. The van der Waals surface area contributed by atoms with Gasteiger partial charge in [0.25, 0.3) is 5.91 Å². The Bertz CT molecular complexity index is 986. The van der Waals surface area contributed by atoms with Crippen molar-refractivity contribution < 1.29 is 9.53 Å². The number of carbonyl (C=O) groups is 1. The Morgan fingerprint density at radius 3 is 2.79 bits per heavy atom. The number of H-pyrrole nitrogens is 1. The molecular formula is C22H23ClN4O2. The molecule has 150 valence electrons. The first-order valence-electron chi connectivity index (χ1n) is 9.64. The lowest BCUT2D eigenvalue weighted by Crippen LogP contribution is -2.48. The number of nitrogens with one attached hydrogen (secondary N) is 2. The van der Waals surface area contributed by atoms with Gasteiger partial charge in [-0.2, -0.15) is 5.10 Å². The molecule has 29 heavy (non-hydrogen) atoms. The normalized spacial score (nSPS) is 16.5. The molecule has 0 spiro atoms. The minimum atomic E-state index is -0.136. The van der Waals surface area contributed by atoms with Crippen molar-refractivity contribution in [2.24, 2.45) is 0 Å². The lowest BCUT2D eigenvalue weighted by molar-refractivity contribution is 0.0933. The van der Waals surface area contributed by atoms with Gasteiger partial charge in [-0.25, -0.2) is 0 Å². The number of amides is 1. The number of halogens is 1. The number of aromatic amines is 1. The lowest BCUT2D eigenvalue weighted by atomic mass is 10.0. The smallest absolute Gasteiger partial charge is 0.253 e. The number of nitrogens with zero attached hydrogens (tertiary/aromatic N) is 2. The van der Waals surface area contributed by atoms with E-state index >= 15 is 0 Å².